The van der Waals surface area contributed by atoms with Gasteiger partial charge in [0, 0.05) is 28.6 Å². The molecule has 21 heavy (non-hydrogen) atoms. The highest BCUT2D eigenvalue weighted by molar-refractivity contribution is 7.98. The third-order valence-corrected chi connectivity index (χ3v) is 4.04. The first-order chi connectivity index (χ1) is 10.1. The number of hydrogen-bond acceptors (Lipinski definition) is 5. The number of nitrogen functional groups attached to an aromatic ring is 1. The van der Waals surface area contributed by atoms with Crippen LogP contribution in [0, 0.1) is 13.8 Å². The van der Waals surface area contributed by atoms with Gasteiger partial charge in [-0.15, -0.1) is 0 Å². The molecule has 3 rings (SSSR count). The molecule has 0 aliphatic heterocycles. The Morgan fingerprint density at radius 3 is 2.57 bits per heavy atom. The van der Waals surface area contributed by atoms with Crippen molar-refractivity contribution >= 4 is 28.5 Å². The lowest BCUT2D eigenvalue weighted by Crippen LogP contribution is -1.97. The van der Waals surface area contributed by atoms with Crippen LogP contribution in [0.4, 0.5) is 5.82 Å². The number of rotatable bonds is 3. The topological polar surface area (TPSA) is 64.7 Å². The number of benzene rings is 1. The smallest absolute Gasteiger partial charge is 0.190 e. The Labute approximate surface area is 127 Å². The summed E-state index contributed by atoms with van der Waals surface area (Å²) in [7, 11) is 0. The van der Waals surface area contributed by atoms with Gasteiger partial charge in [0.05, 0.1) is 5.52 Å². The number of pyridine rings is 1. The van der Waals surface area contributed by atoms with Crippen LogP contribution in [0.3, 0.4) is 0 Å². The van der Waals surface area contributed by atoms with Gasteiger partial charge in [-0.1, -0.05) is 30.0 Å². The van der Waals surface area contributed by atoms with Crippen LogP contribution in [0.5, 0.6) is 0 Å². The van der Waals surface area contributed by atoms with Gasteiger partial charge < -0.3 is 5.73 Å². The third kappa shape index (κ3) is 3.13. The maximum Gasteiger partial charge on any atom is 0.190 e. The Morgan fingerprint density at radius 2 is 1.76 bits per heavy atom. The van der Waals surface area contributed by atoms with E-state index in [1.807, 2.05) is 32.0 Å². The van der Waals surface area contributed by atoms with Crippen molar-refractivity contribution in [2.45, 2.75) is 24.8 Å². The van der Waals surface area contributed by atoms with E-state index in [2.05, 4.69) is 27.1 Å². The number of fused-ring (bicyclic) bond motifs is 1. The highest BCUT2D eigenvalue weighted by atomic mass is 32.2. The summed E-state index contributed by atoms with van der Waals surface area (Å²) in [5.41, 5.74) is 9.95. The largest absolute Gasteiger partial charge is 0.384 e. The van der Waals surface area contributed by atoms with Crippen LogP contribution in [0.1, 0.15) is 17.0 Å². The molecule has 0 aliphatic rings. The Balaban J connectivity index is 1.91. The van der Waals surface area contributed by atoms with E-state index in [-0.39, 0.29) is 0 Å². The van der Waals surface area contributed by atoms with E-state index < -0.39 is 0 Å². The van der Waals surface area contributed by atoms with Gasteiger partial charge in [0.25, 0.3) is 0 Å². The summed E-state index contributed by atoms with van der Waals surface area (Å²) in [6.45, 7) is 3.94. The van der Waals surface area contributed by atoms with Crippen molar-refractivity contribution in [2.75, 3.05) is 5.73 Å². The van der Waals surface area contributed by atoms with E-state index in [1.54, 1.807) is 17.8 Å². The van der Waals surface area contributed by atoms with E-state index in [0.29, 0.717) is 11.0 Å². The number of aryl methyl sites for hydroxylation is 2. The van der Waals surface area contributed by atoms with E-state index in [1.165, 1.54) is 10.9 Å². The van der Waals surface area contributed by atoms with E-state index in [9.17, 15) is 0 Å². The first-order valence-electron chi connectivity index (χ1n) is 6.71. The molecule has 0 saturated heterocycles. The van der Waals surface area contributed by atoms with Crippen LogP contribution in [0.2, 0.25) is 0 Å². The maximum atomic E-state index is 5.77. The molecule has 0 bridgehead atoms. The molecule has 4 nitrogen and oxygen atoms in total. The first-order valence-corrected chi connectivity index (χ1v) is 7.69. The molecule has 0 spiro atoms. The maximum absolute atomic E-state index is 5.77. The van der Waals surface area contributed by atoms with Crippen LogP contribution in [0.25, 0.3) is 10.9 Å². The van der Waals surface area contributed by atoms with Gasteiger partial charge in [-0.2, -0.15) is 0 Å². The molecule has 106 valence electrons. The molecule has 0 fully saturated rings. The quantitative estimate of drug-likeness (QED) is 0.592. The number of nitrogens with two attached hydrogens (primary N) is 1. The number of aromatic nitrogens is 3. The zero-order chi connectivity index (χ0) is 14.8. The second-order valence-electron chi connectivity index (χ2n) is 4.95. The Hall–Kier alpha value is -2.14. The van der Waals surface area contributed by atoms with Crippen LogP contribution in [0.15, 0.2) is 41.6 Å². The first kappa shape index (κ1) is 13.8. The molecule has 5 heteroatoms. The zero-order valence-electron chi connectivity index (χ0n) is 12.0. The highest BCUT2D eigenvalue weighted by Crippen LogP contribution is 2.26. The number of anilines is 1. The second-order valence-corrected chi connectivity index (χ2v) is 5.89. The van der Waals surface area contributed by atoms with Crippen LogP contribution in [-0.4, -0.2) is 15.0 Å². The van der Waals surface area contributed by atoms with Gasteiger partial charge in [-0.25, -0.2) is 9.97 Å². The van der Waals surface area contributed by atoms with Gasteiger partial charge in [0.15, 0.2) is 5.16 Å². The van der Waals surface area contributed by atoms with Crippen molar-refractivity contribution in [2.24, 2.45) is 0 Å². The normalized spacial score (nSPS) is 11.0. The van der Waals surface area contributed by atoms with Crippen molar-refractivity contribution in [3.8, 4) is 0 Å². The average Bonchev–Trinajstić information content (AvgIpc) is 2.43. The molecule has 2 N–H and O–H groups in total. The summed E-state index contributed by atoms with van der Waals surface area (Å²) in [5.74, 6) is 1.31. The zero-order valence-corrected chi connectivity index (χ0v) is 12.8. The van der Waals surface area contributed by atoms with Gasteiger partial charge in [-0.05, 0) is 31.5 Å². The molecule has 2 aromatic heterocycles. The SMILES string of the molecule is Cc1cc(N)nc(SCc2cc(C)nc3ccccc23)n1. The number of para-hydroxylation sites is 1. The molecule has 3 aromatic rings. The lowest BCUT2D eigenvalue weighted by molar-refractivity contribution is 0.940. The number of hydrogen-bond donors (Lipinski definition) is 1. The predicted octanol–water partition coefficient (Wildman–Crippen LogP) is 3.52. The van der Waals surface area contributed by atoms with Crippen molar-refractivity contribution in [3.05, 3.63) is 53.3 Å². The molecular formula is C16H16N4S. The summed E-state index contributed by atoms with van der Waals surface area (Å²) in [5, 5.41) is 1.89. The fraction of sp³-hybridized carbons (Fsp3) is 0.188. The lowest BCUT2D eigenvalue weighted by atomic mass is 10.1. The molecule has 0 unspecified atom stereocenters. The minimum absolute atomic E-state index is 0.515. The molecule has 1 aromatic carbocycles. The summed E-state index contributed by atoms with van der Waals surface area (Å²) in [4.78, 5) is 13.2. The Morgan fingerprint density at radius 1 is 1.00 bits per heavy atom. The van der Waals surface area contributed by atoms with Gasteiger partial charge in [0.1, 0.15) is 5.82 Å². The van der Waals surface area contributed by atoms with Gasteiger partial charge in [-0.3, -0.25) is 4.98 Å². The Kier molecular flexibility index (Phi) is 3.75. The summed E-state index contributed by atoms with van der Waals surface area (Å²) < 4.78 is 0. The molecule has 0 amide bonds. The molecular weight excluding hydrogens is 280 g/mol. The third-order valence-electron chi connectivity index (χ3n) is 3.14. The van der Waals surface area contributed by atoms with E-state index >= 15 is 0 Å². The number of nitrogens with zero attached hydrogens (tertiary/aromatic N) is 3. The molecule has 0 atom stereocenters. The van der Waals surface area contributed by atoms with Gasteiger partial charge in [0.2, 0.25) is 0 Å². The van der Waals surface area contributed by atoms with Crippen molar-refractivity contribution in [1.29, 1.82) is 0 Å². The van der Waals surface area contributed by atoms with Crippen LogP contribution < -0.4 is 5.73 Å². The molecule has 2 heterocycles. The van der Waals surface area contributed by atoms with Gasteiger partial charge >= 0.3 is 0 Å². The second kappa shape index (κ2) is 5.69. The van der Waals surface area contributed by atoms with Crippen molar-refractivity contribution in [3.63, 3.8) is 0 Å². The highest BCUT2D eigenvalue weighted by Gasteiger charge is 2.06. The minimum Gasteiger partial charge on any atom is -0.384 e. The summed E-state index contributed by atoms with van der Waals surface area (Å²) >= 11 is 1.60. The predicted molar refractivity (Wildman–Crippen MR) is 87.2 cm³/mol. The van der Waals surface area contributed by atoms with E-state index in [0.717, 1.165) is 22.7 Å². The van der Waals surface area contributed by atoms with Crippen LogP contribution >= 0.6 is 11.8 Å². The van der Waals surface area contributed by atoms with Crippen molar-refractivity contribution < 1.29 is 0 Å². The standard InChI is InChI=1S/C16H16N4S/c1-10-7-12(13-5-3-4-6-14(13)18-10)9-21-16-19-11(2)8-15(17)20-16/h3-8H,9H2,1-2H3,(H2,17,19,20). The summed E-state index contributed by atoms with van der Waals surface area (Å²) in [6, 6.07) is 12.1. The number of thioether (sulfide) groups is 1. The van der Waals surface area contributed by atoms with Crippen LogP contribution in [-0.2, 0) is 5.75 Å². The monoisotopic (exact) mass is 296 g/mol. The summed E-state index contributed by atoms with van der Waals surface area (Å²) in [6.07, 6.45) is 0. The van der Waals surface area contributed by atoms with Crippen molar-refractivity contribution in [1.82, 2.24) is 15.0 Å². The minimum atomic E-state index is 0.515. The molecule has 0 saturated carbocycles. The fourth-order valence-corrected chi connectivity index (χ4v) is 3.19. The fourth-order valence-electron chi connectivity index (χ4n) is 2.29. The molecule has 0 radical (unpaired) electrons. The lowest BCUT2D eigenvalue weighted by Gasteiger charge is -2.07. The Bertz CT molecular complexity index is 781. The molecule has 0 aliphatic carbocycles. The van der Waals surface area contributed by atoms with E-state index in [4.69, 9.17) is 5.73 Å². The average molecular weight is 296 g/mol.